The SMILES string of the molecule is Cc1ccc(CN2CCN(c3nccnc3C#N)CC2)c(Cl)c1Cl. The summed E-state index contributed by atoms with van der Waals surface area (Å²) in [6.45, 7) is 6.03. The minimum absolute atomic E-state index is 0.374. The minimum Gasteiger partial charge on any atom is -0.352 e. The topological polar surface area (TPSA) is 56.1 Å². The lowest BCUT2D eigenvalue weighted by Gasteiger charge is -2.35. The number of aryl methyl sites for hydroxylation is 1. The van der Waals surface area contributed by atoms with Gasteiger partial charge < -0.3 is 4.90 Å². The standard InChI is InChI=1S/C17H17Cl2N5/c1-12-2-3-13(16(19)15(12)18)11-23-6-8-24(9-7-23)17-14(10-20)21-4-5-22-17/h2-5H,6-9,11H2,1H3. The van der Waals surface area contributed by atoms with Gasteiger partial charge in [-0.3, -0.25) is 4.90 Å². The van der Waals surface area contributed by atoms with Gasteiger partial charge in [-0.15, -0.1) is 0 Å². The summed E-state index contributed by atoms with van der Waals surface area (Å²) in [5.74, 6) is 0.663. The zero-order chi connectivity index (χ0) is 17.1. The zero-order valence-electron chi connectivity index (χ0n) is 13.3. The molecular weight excluding hydrogens is 345 g/mol. The fourth-order valence-electron chi connectivity index (χ4n) is 2.81. The second kappa shape index (κ2) is 7.35. The molecule has 1 fully saturated rings. The number of benzene rings is 1. The van der Waals surface area contributed by atoms with Gasteiger partial charge in [0.2, 0.25) is 0 Å². The molecule has 124 valence electrons. The van der Waals surface area contributed by atoms with Crippen LogP contribution in [0.5, 0.6) is 0 Å². The molecule has 0 aliphatic carbocycles. The smallest absolute Gasteiger partial charge is 0.183 e. The monoisotopic (exact) mass is 361 g/mol. The molecule has 0 unspecified atom stereocenters. The van der Waals surface area contributed by atoms with E-state index in [1.54, 1.807) is 12.4 Å². The summed E-state index contributed by atoms with van der Waals surface area (Å²) in [4.78, 5) is 12.8. The molecule has 0 spiro atoms. The normalized spacial score (nSPS) is 15.3. The van der Waals surface area contributed by atoms with Crippen LogP contribution in [0.25, 0.3) is 0 Å². The van der Waals surface area contributed by atoms with Crippen LogP contribution in [0, 0.1) is 18.3 Å². The number of halogens is 2. The van der Waals surface area contributed by atoms with Gasteiger partial charge >= 0.3 is 0 Å². The van der Waals surface area contributed by atoms with Crippen molar-refractivity contribution >= 4 is 29.0 Å². The average molecular weight is 362 g/mol. The molecule has 3 rings (SSSR count). The van der Waals surface area contributed by atoms with E-state index in [-0.39, 0.29) is 0 Å². The van der Waals surface area contributed by atoms with Gasteiger partial charge in [0.1, 0.15) is 6.07 Å². The van der Waals surface area contributed by atoms with Gasteiger partial charge in [-0.05, 0) is 18.1 Å². The lowest BCUT2D eigenvalue weighted by atomic mass is 10.1. The summed E-state index contributed by atoms with van der Waals surface area (Å²) >= 11 is 12.6. The Morgan fingerprint density at radius 2 is 1.79 bits per heavy atom. The summed E-state index contributed by atoms with van der Waals surface area (Å²) < 4.78 is 0. The number of rotatable bonds is 3. The first-order valence-corrected chi connectivity index (χ1v) is 8.47. The number of anilines is 1. The molecular formula is C17H17Cl2N5. The van der Waals surface area contributed by atoms with Crippen LogP contribution in [0.3, 0.4) is 0 Å². The second-order valence-corrected chi connectivity index (χ2v) is 6.53. The van der Waals surface area contributed by atoms with Crippen molar-refractivity contribution in [3.05, 3.63) is 51.4 Å². The molecule has 0 atom stereocenters. The number of nitrogens with zero attached hydrogens (tertiary/aromatic N) is 5. The highest BCUT2D eigenvalue weighted by atomic mass is 35.5. The summed E-state index contributed by atoms with van der Waals surface area (Å²) in [7, 11) is 0. The van der Waals surface area contributed by atoms with E-state index in [9.17, 15) is 0 Å². The third kappa shape index (κ3) is 3.46. The Morgan fingerprint density at radius 3 is 2.50 bits per heavy atom. The molecule has 1 aromatic heterocycles. The summed E-state index contributed by atoms with van der Waals surface area (Å²) in [5.41, 5.74) is 2.40. The Hall–Kier alpha value is -1.87. The second-order valence-electron chi connectivity index (χ2n) is 5.77. The Kier molecular flexibility index (Phi) is 5.20. The van der Waals surface area contributed by atoms with Crippen LogP contribution in [-0.4, -0.2) is 41.0 Å². The van der Waals surface area contributed by atoms with Gasteiger partial charge in [0.05, 0.1) is 10.0 Å². The largest absolute Gasteiger partial charge is 0.352 e. The van der Waals surface area contributed by atoms with E-state index in [1.807, 2.05) is 19.1 Å². The van der Waals surface area contributed by atoms with Gasteiger partial charge in [0, 0.05) is 45.1 Å². The summed E-state index contributed by atoms with van der Waals surface area (Å²) in [6, 6.07) is 6.13. The van der Waals surface area contributed by atoms with Crippen LogP contribution >= 0.6 is 23.2 Å². The fourth-order valence-corrected chi connectivity index (χ4v) is 3.26. The molecule has 7 heteroatoms. The summed E-state index contributed by atoms with van der Waals surface area (Å²) in [6.07, 6.45) is 3.16. The Balaban J connectivity index is 1.66. The van der Waals surface area contributed by atoms with Crippen molar-refractivity contribution in [2.75, 3.05) is 31.1 Å². The van der Waals surface area contributed by atoms with E-state index in [0.29, 0.717) is 21.6 Å². The van der Waals surface area contributed by atoms with Crippen LogP contribution < -0.4 is 4.90 Å². The first-order chi connectivity index (χ1) is 11.6. The Morgan fingerprint density at radius 1 is 1.08 bits per heavy atom. The maximum absolute atomic E-state index is 9.16. The van der Waals surface area contributed by atoms with Gasteiger partial charge in [-0.25, -0.2) is 9.97 Å². The van der Waals surface area contributed by atoms with E-state index < -0.39 is 0 Å². The van der Waals surface area contributed by atoms with Crippen molar-refractivity contribution in [1.29, 1.82) is 5.26 Å². The molecule has 1 aromatic carbocycles. The Bertz CT molecular complexity index is 779. The molecule has 0 N–H and O–H groups in total. The van der Waals surface area contributed by atoms with Gasteiger partial charge in [0.15, 0.2) is 11.5 Å². The third-order valence-electron chi connectivity index (χ3n) is 4.21. The Labute approximate surface area is 151 Å². The predicted octanol–water partition coefficient (Wildman–Crippen LogP) is 3.29. The van der Waals surface area contributed by atoms with Crippen molar-refractivity contribution in [3.8, 4) is 6.07 Å². The fraction of sp³-hybridized carbons (Fsp3) is 0.353. The zero-order valence-corrected chi connectivity index (χ0v) is 14.8. The lowest BCUT2D eigenvalue weighted by molar-refractivity contribution is 0.249. The molecule has 1 aliphatic heterocycles. The average Bonchev–Trinajstić information content (AvgIpc) is 2.63. The van der Waals surface area contributed by atoms with Crippen molar-refractivity contribution in [2.45, 2.75) is 13.5 Å². The highest BCUT2D eigenvalue weighted by Crippen LogP contribution is 2.30. The van der Waals surface area contributed by atoms with Crippen LogP contribution in [-0.2, 0) is 6.54 Å². The van der Waals surface area contributed by atoms with E-state index in [2.05, 4.69) is 25.8 Å². The molecule has 0 saturated carbocycles. The maximum Gasteiger partial charge on any atom is 0.183 e. The number of hydrogen-bond donors (Lipinski definition) is 0. The number of hydrogen-bond acceptors (Lipinski definition) is 5. The van der Waals surface area contributed by atoms with Crippen molar-refractivity contribution < 1.29 is 0 Å². The molecule has 24 heavy (non-hydrogen) atoms. The summed E-state index contributed by atoms with van der Waals surface area (Å²) in [5, 5.41) is 10.4. The predicted molar refractivity (Wildman–Crippen MR) is 95.4 cm³/mol. The first kappa shape index (κ1) is 17.0. The van der Waals surface area contributed by atoms with E-state index in [0.717, 1.165) is 43.9 Å². The quantitative estimate of drug-likeness (QED) is 0.839. The van der Waals surface area contributed by atoms with E-state index >= 15 is 0 Å². The maximum atomic E-state index is 9.16. The molecule has 2 heterocycles. The molecule has 0 bridgehead atoms. The first-order valence-electron chi connectivity index (χ1n) is 7.72. The van der Waals surface area contributed by atoms with Crippen molar-refractivity contribution in [3.63, 3.8) is 0 Å². The molecule has 5 nitrogen and oxygen atoms in total. The molecule has 1 aliphatic rings. The lowest BCUT2D eigenvalue weighted by Crippen LogP contribution is -2.46. The number of piperazine rings is 1. The molecule has 2 aromatic rings. The van der Waals surface area contributed by atoms with Crippen LogP contribution in [0.15, 0.2) is 24.5 Å². The molecule has 0 radical (unpaired) electrons. The van der Waals surface area contributed by atoms with Crippen molar-refractivity contribution in [1.82, 2.24) is 14.9 Å². The van der Waals surface area contributed by atoms with Crippen LogP contribution in [0.2, 0.25) is 10.0 Å². The third-order valence-corrected chi connectivity index (χ3v) is 5.22. The molecule has 1 saturated heterocycles. The van der Waals surface area contributed by atoms with Crippen molar-refractivity contribution in [2.24, 2.45) is 0 Å². The van der Waals surface area contributed by atoms with E-state index in [1.165, 1.54) is 0 Å². The van der Waals surface area contributed by atoms with E-state index in [4.69, 9.17) is 28.5 Å². The van der Waals surface area contributed by atoms with Crippen LogP contribution in [0.4, 0.5) is 5.82 Å². The number of nitriles is 1. The highest BCUT2D eigenvalue weighted by Gasteiger charge is 2.21. The van der Waals surface area contributed by atoms with Crippen LogP contribution in [0.1, 0.15) is 16.8 Å². The van der Waals surface area contributed by atoms with Gasteiger partial charge in [-0.2, -0.15) is 5.26 Å². The van der Waals surface area contributed by atoms with Gasteiger partial charge in [-0.1, -0.05) is 35.3 Å². The minimum atomic E-state index is 0.374. The molecule has 0 amide bonds. The number of aromatic nitrogens is 2. The van der Waals surface area contributed by atoms with Gasteiger partial charge in [0.25, 0.3) is 0 Å². The highest BCUT2D eigenvalue weighted by molar-refractivity contribution is 6.42.